The molecule has 3 rings (SSSR count). The second kappa shape index (κ2) is 7.46. The third kappa shape index (κ3) is 3.98. The van der Waals surface area contributed by atoms with Gasteiger partial charge in [-0.1, -0.05) is 56.0 Å². The first-order valence-corrected chi connectivity index (χ1v) is 8.25. The molecule has 1 aromatic carbocycles. The summed E-state index contributed by atoms with van der Waals surface area (Å²) in [6.07, 6.45) is 10.2. The molecular weight excluding hydrogens is 258 g/mol. The Balaban J connectivity index is 1.55. The monoisotopic (exact) mass is 283 g/mol. The van der Waals surface area contributed by atoms with E-state index in [1.165, 1.54) is 44.1 Å². The fourth-order valence-electron chi connectivity index (χ4n) is 3.42. The minimum absolute atomic E-state index is 0.171. The van der Waals surface area contributed by atoms with E-state index in [1.54, 1.807) is 6.26 Å². The van der Waals surface area contributed by atoms with Crippen LogP contribution in [0.2, 0.25) is 0 Å². The number of hydrogen-bond donors (Lipinski definition) is 1. The van der Waals surface area contributed by atoms with Crippen molar-refractivity contribution in [3.8, 4) is 0 Å². The quantitative estimate of drug-likeness (QED) is 0.729. The number of furan rings is 1. The van der Waals surface area contributed by atoms with Crippen LogP contribution in [0.4, 0.5) is 0 Å². The maximum atomic E-state index is 5.62. The molecular formula is C19H25NO. The van der Waals surface area contributed by atoms with E-state index in [1.807, 2.05) is 6.07 Å². The molecule has 0 bridgehead atoms. The smallest absolute Gasteiger partial charge is 0.125 e. The zero-order chi connectivity index (χ0) is 14.3. The summed E-state index contributed by atoms with van der Waals surface area (Å²) in [4.78, 5) is 0. The Kier molecular flexibility index (Phi) is 5.12. The molecule has 1 fully saturated rings. The summed E-state index contributed by atoms with van der Waals surface area (Å²) in [5.74, 6) is 1.98. The minimum Gasteiger partial charge on any atom is -0.467 e. The maximum absolute atomic E-state index is 5.62. The predicted octanol–water partition coefficient (Wildman–Crippen LogP) is 4.93. The summed E-state index contributed by atoms with van der Waals surface area (Å²) in [6.45, 7) is 1.05. The van der Waals surface area contributed by atoms with Crippen molar-refractivity contribution in [2.75, 3.05) is 6.54 Å². The van der Waals surface area contributed by atoms with Gasteiger partial charge in [0.05, 0.1) is 12.3 Å². The summed E-state index contributed by atoms with van der Waals surface area (Å²) in [5.41, 5.74) is 1.27. The molecule has 0 spiro atoms. The highest BCUT2D eigenvalue weighted by Crippen LogP contribution is 2.28. The van der Waals surface area contributed by atoms with Gasteiger partial charge in [0.15, 0.2) is 0 Å². The van der Waals surface area contributed by atoms with Gasteiger partial charge in [0.25, 0.3) is 0 Å². The van der Waals surface area contributed by atoms with Gasteiger partial charge in [-0.15, -0.1) is 0 Å². The topological polar surface area (TPSA) is 25.2 Å². The number of benzene rings is 1. The van der Waals surface area contributed by atoms with Crippen LogP contribution in [0.5, 0.6) is 0 Å². The van der Waals surface area contributed by atoms with Crippen LogP contribution in [0.15, 0.2) is 53.1 Å². The third-order valence-corrected chi connectivity index (χ3v) is 4.57. The van der Waals surface area contributed by atoms with Crippen molar-refractivity contribution in [3.05, 3.63) is 60.1 Å². The second-order valence-corrected chi connectivity index (χ2v) is 6.11. The van der Waals surface area contributed by atoms with Crippen LogP contribution >= 0.6 is 0 Å². The van der Waals surface area contributed by atoms with E-state index in [2.05, 4.69) is 41.7 Å². The highest BCUT2D eigenvalue weighted by Gasteiger charge is 2.17. The van der Waals surface area contributed by atoms with Crippen LogP contribution < -0.4 is 5.32 Å². The summed E-state index contributed by atoms with van der Waals surface area (Å²) in [5, 5.41) is 3.67. The molecule has 2 aromatic rings. The Bertz CT molecular complexity index is 500. The van der Waals surface area contributed by atoms with E-state index < -0.39 is 0 Å². The van der Waals surface area contributed by atoms with Crippen molar-refractivity contribution >= 4 is 0 Å². The molecule has 0 radical (unpaired) electrons. The number of rotatable bonds is 7. The molecule has 1 heterocycles. The van der Waals surface area contributed by atoms with E-state index in [0.29, 0.717) is 0 Å². The van der Waals surface area contributed by atoms with Crippen LogP contribution in [-0.2, 0) is 0 Å². The summed E-state index contributed by atoms with van der Waals surface area (Å²) >= 11 is 0. The van der Waals surface area contributed by atoms with E-state index in [0.717, 1.165) is 18.2 Å². The Hall–Kier alpha value is -1.54. The lowest BCUT2D eigenvalue weighted by molar-refractivity contribution is 0.424. The highest BCUT2D eigenvalue weighted by atomic mass is 16.3. The molecule has 0 aliphatic heterocycles. The van der Waals surface area contributed by atoms with Crippen LogP contribution in [0.25, 0.3) is 0 Å². The lowest BCUT2D eigenvalue weighted by atomic mass is 10.0. The predicted molar refractivity (Wildman–Crippen MR) is 86.2 cm³/mol. The Morgan fingerprint density at radius 3 is 2.57 bits per heavy atom. The van der Waals surface area contributed by atoms with Gasteiger partial charge in [-0.25, -0.2) is 0 Å². The molecule has 1 atom stereocenters. The molecule has 1 unspecified atom stereocenters. The largest absolute Gasteiger partial charge is 0.467 e. The molecule has 1 N–H and O–H groups in total. The average Bonchev–Trinajstić information content (AvgIpc) is 3.21. The second-order valence-electron chi connectivity index (χ2n) is 6.11. The SMILES string of the molecule is c1ccc(C(NCCCC2CCCC2)c2ccco2)cc1. The molecule has 1 aliphatic rings. The van der Waals surface area contributed by atoms with Gasteiger partial charge in [0, 0.05) is 0 Å². The fraction of sp³-hybridized carbons (Fsp3) is 0.474. The van der Waals surface area contributed by atoms with Crippen molar-refractivity contribution in [2.45, 2.75) is 44.6 Å². The van der Waals surface area contributed by atoms with Crippen molar-refractivity contribution < 1.29 is 4.42 Å². The fourth-order valence-corrected chi connectivity index (χ4v) is 3.42. The highest BCUT2D eigenvalue weighted by molar-refractivity contribution is 5.26. The standard InChI is InChI=1S/C19H25NO/c1-2-11-17(12-3-1)19(18-13-7-15-21-18)20-14-6-10-16-8-4-5-9-16/h1-3,7,11-13,15-16,19-20H,4-6,8-10,14H2. The van der Waals surface area contributed by atoms with Crippen molar-refractivity contribution in [3.63, 3.8) is 0 Å². The summed E-state index contributed by atoms with van der Waals surface area (Å²) in [6, 6.07) is 14.8. The molecule has 0 saturated heterocycles. The maximum Gasteiger partial charge on any atom is 0.125 e. The summed E-state index contributed by atoms with van der Waals surface area (Å²) in [7, 11) is 0. The zero-order valence-corrected chi connectivity index (χ0v) is 12.6. The first-order valence-electron chi connectivity index (χ1n) is 8.25. The molecule has 112 valence electrons. The van der Waals surface area contributed by atoms with Crippen LogP contribution in [0, 0.1) is 5.92 Å². The first kappa shape index (κ1) is 14.4. The Labute approximate surface area is 127 Å². The van der Waals surface area contributed by atoms with Gasteiger partial charge in [0.1, 0.15) is 5.76 Å². The normalized spacial score (nSPS) is 17.1. The van der Waals surface area contributed by atoms with Gasteiger partial charge in [-0.2, -0.15) is 0 Å². The third-order valence-electron chi connectivity index (χ3n) is 4.57. The van der Waals surface area contributed by atoms with Gasteiger partial charge in [0.2, 0.25) is 0 Å². The molecule has 2 heteroatoms. The number of hydrogen-bond acceptors (Lipinski definition) is 2. The van der Waals surface area contributed by atoms with Gasteiger partial charge < -0.3 is 9.73 Å². The first-order chi connectivity index (χ1) is 10.4. The summed E-state index contributed by atoms with van der Waals surface area (Å²) < 4.78 is 5.62. The molecule has 1 saturated carbocycles. The van der Waals surface area contributed by atoms with Crippen molar-refractivity contribution in [2.24, 2.45) is 5.92 Å². The lowest BCUT2D eigenvalue weighted by Crippen LogP contribution is -2.23. The van der Waals surface area contributed by atoms with E-state index in [-0.39, 0.29) is 6.04 Å². The Morgan fingerprint density at radius 1 is 1.05 bits per heavy atom. The van der Waals surface area contributed by atoms with Gasteiger partial charge in [-0.3, -0.25) is 0 Å². The van der Waals surface area contributed by atoms with E-state index in [4.69, 9.17) is 4.42 Å². The molecule has 21 heavy (non-hydrogen) atoms. The Morgan fingerprint density at radius 2 is 1.86 bits per heavy atom. The van der Waals surface area contributed by atoms with Gasteiger partial charge >= 0.3 is 0 Å². The van der Waals surface area contributed by atoms with E-state index in [9.17, 15) is 0 Å². The van der Waals surface area contributed by atoms with Gasteiger partial charge in [-0.05, 0) is 43.0 Å². The minimum atomic E-state index is 0.171. The zero-order valence-electron chi connectivity index (χ0n) is 12.6. The lowest BCUT2D eigenvalue weighted by Gasteiger charge is -2.18. The van der Waals surface area contributed by atoms with Crippen LogP contribution in [0.1, 0.15) is 55.9 Å². The van der Waals surface area contributed by atoms with E-state index >= 15 is 0 Å². The van der Waals surface area contributed by atoms with Crippen molar-refractivity contribution in [1.29, 1.82) is 0 Å². The number of nitrogens with one attached hydrogen (secondary N) is 1. The molecule has 1 aliphatic carbocycles. The molecule has 0 amide bonds. The molecule has 2 nitrogen and oxygen atoms in total. The van der Waals surface area contributed by atoms with Crippen molar-refractivity contribution in [1.82, 2.24) is 5.32 Å². The van der Waals surface area contributed by atoms with Crippen LogP contribution in [-0.4, -0.2) is 6.54 Å². The molecule has 1 aromatic heterocycles. The van der Waals surface area contributed by atoms with Crippen LogP contribution in [0.3, 0.4) is 0 Å². The average molecular weight is 283 g/mol.